The van der Waals surface area contributed by atoms with Crippen LogP contribution in [-0.2, 0) is 11.3 Å². The number of imide groups is 1. The molecule has 0 radical (unpaired) electrons. The van der Waals surface area contributed by atoms with E-state index in [0.29, 0.717) is 30.3 Å². The number of ether oxygens (including phenoxy) is 3. The first-order chi connectivity index (χ1) is 17.9. The van der Waals surface area contributed by atoms with Crippen molar-refractivity contribution < 1.29 is 28.7 Å². The summed E-state index contributed by atoms with van der Waals surface area (Å²) in [4.78, 5) is 37.4. The molecule has 0 spiro atoms. The molecule has 37 heavy (non-hydrogen) atoms. The predicted molar refractivity (Wildman–Crippen MR) is 140 cm³/mol. The predicted octanol–water partition coefficient (Wildman–Crippen LogP) is 5.61. The van der Waals surface area contributed by atoms with Gasteiger partial charge in [-0.2, -0.15) is 0 Å². The highest BCUT2D eigenvalue weighted by atomic mass is 32.2. The van der Waals surface area contributed by atoms with Gasteiger partial charge in [0.2, 0.25) is 0 Å². The lowest BCUT2D eigenvalue weighted by atomic mass is 10.1. The highest BCUT2D eigenvalue weighted by molar-refractivity contribution is 8.18. The minimum Gasteiger partial charge on any atom is -0.493 e. The summed E-state index contributed by atoms with van der Waals surface area (Å²) >= 11 is 0.783. The van der Waals surface area contributed by atoms with Crippen LogP contribution in [-0.4, -0.2) is 41.3 Å². The number of carbonyl (C=O) groups excluding carboxylic acids is 2. The van der Waals surface area contributed by atoms with Gasteiger partial charge >= 0.3 is 0 Å². The zero-order valence-corrected chi connectivity index (χ0v) is 21.0. The summed E-state index contributed by atoms with van der Waals surface area (Å²) in [7, 11) is 1.51. The molecular weight excluding hydrogens is 496 g/mol. The lowest BCUT2D eigenvalue weighted by molar-refractivity contribution is -0.385. The van der Waals surface area contributed by atoms with E-state index >= 15 is 0 Å². The second kappa shape index (κ2) is 11.6. The van der Waals surface area contributed by atoms with Crippen molar-refractivity contribution in [1.82, 2.24) is 4.90 Å². The van der Waals surface area contributed by atoms with Crippen LogP contribution in [0, 0.1) is 17.0 Å². The van der Waals surface area contributed by atoms with Gasteiger partial charge < -0.3 is 14.2 Å². The van der Waals surface area contributed by atoms with E-state index in [-0.39, 0.29) is 22.7 Å². The van der Waals surface area contributed by atoms with E-state index in [9.17, 15) is 19.7 Å². The second-order valence-corrected chi connectivity index (χ2v) is 9.07. The molecule has 1 aliphatic heterocycles. The summed E-state index contributed by atoms with van der Waals surface area (Å²) in [5.41, 5.74) is 1.93. The van der Waals surface area contributed by atoms with Crippen molar-refractivity contribution in [2.75, 3.05) is 20.3 Å². The minimum absolute atomic E-state index is 0.143. The Balaban J connectivity index is 1.41. The number of aryl methyl sites for hydroxylation is 1. The van der Waals surface area contributed by atoms with Gasteiger partial charge in [0, 0.05) is 11.6 Å². The number of amides is 2. The van der Waals surface area contributed by atoms with Crippen LogP contribution < -0.4 is 14.2 Å². The summed E-state index contributed by atoms with van der Waals surface area (Å²) in [6, 6.07) is 18.9. The molecule has 2 amide bonds. The molecule has 10 heteroatoms. The molecule has 1 fully saturated rings. The second-order valence-electron chi connectivity index (χ2n) is 8.07. The van der Waals surface area contributed by atoms with Crippen LogP contribution >= 0.6 is 11.8 Å². The van der Waals surface area contributed by atoms with Crippen LogP contribution in [0.1, 0.15) is 16.7 Å². The number of carbonyl (C=O) groups is 2. The zero-order valence-electron chi connectivity index (χ0n) is 20.2. The number of nitro groups is 1. The molecular formula is C27H24N2O7S. The molecule has 1 saturated heterocycles. The molecule has 190 valence electrons. The Bertz CT molecular complexity index is 1360. The van der Waals surface area contributed by atoms with E-state index < -0.39 is 16.1 Å². The molecule has 0 N–H and O–H groups in total. The number of rotatable bonds is 10. The van der Waals surface area contributed by atoms with Gasteiger partial charge in [0.15, 0.2) is 11.5 Å². The van der Waals surface area contributed by atoms with Crippen molar-refractivity contribution in [1.29, 1.82) is 0 Å². The van der Waals surface area contributed by atoms with Gasteiger partial charge in [0.05, 0.1) is 23.5 Å². The van der Waals surface area contributed by atoms with E-state index in [2.05, 4.69) is 0 Å². The van der Waals surface area contributed by atoms with Crippen molar-refractivity contribution in [3.63, 3.8) is 0 Å². The summed E-state index contributed by atoms with van der Waals surface area (Å²) < 4.78 is 16.9. The van der Waals surface area contributed by atoms with Crippen LogP contribution in [0.3, 0.4) is 0 Å². The fourth-order valence-electron chi connectivity index (χ4n) is 3.62. The van der Waals surface area contributed by atoms with E-state index in [1.165, 1.54) is 25.3 Å². The Morgan fingerprint density at radius 3 is 2.43 bits per heavy atom. The Kier molecular flexibility index (Phi) is 8.09. The molecule has 0 saturated carbocycles. The van der Waals surface area contributed by atoms with Crippen molar-refractivity contribution in [3.05, 3.63) is 98.4 Å². The molecule has 9 nitrogen and oxygen atoms in total. The van der Waals surface area contributed by atoms with Crippen LogP contribution in [0.25, 0.3) is 6.08 Å². The van der Waals surface area contributed by atoms with Crippen molar-refractivity contribution in [2.24, 2.45) is 0 Å². The molecule has 1 aliphatic rings. The Labute approximate surface area is 217 Å². The molecule has 0 bridgehead atoms. The Morgan fingerprint density at radius 1 is 0.973 bits per heavy atom. The zero-order chi connectivity index (χ0) is 26.4. The van der Waals surface area contributed by atoms with Gasteiger partial charge in [-0.3, -0.25) is 24.6 Å². The highest BCUT2D eigenvalue weighted by Crippen LogP contribution is 2.36. The largest absolute Gasteiger partial charge is 0.493 e. The molecule has 0 aliphatic carbocycles. The molecule has 3 aromatic carbocycles. The summed E-state index contributed by atoms with van der Waals surface area (Å²) in [5.74, 6) is 1.22. The van der Waals surface area contributed by atoms with E-state index in [1.54, 1.807) is 30.3 Å². The number of hydrogen-bond donors (Lipinski definition) is 0. The number of thioether (sulfide) groups is 1. The molecule has 4 rings (SSSR count). The van der Waals surface area contributed by atoms with Gasteiger partial charge in [-0.05, 0) is 54.6 Å². The van der Waals surface area contributed by atoms with Gasteiger partial charge in [0.1, 0.15) is 19.0 Å². The van der Waals surface area contributed by atoms with E-state index in [4.69, 9.17) is 14.2 Å². The van der Waals surface area contributed by atoms with Gasteiger partial charge in [-0.15, -0.1) is 0 Å². The molecule has 1 heterocycles. The fourth-order valence-corrected chi connectivity index (χ4v) is 4.46. The summed E-state index contributed by atoms with van der Waals surface area (Å²) in [6.45, 7) is 2.47. The third-order valence-electron chi connectivity index (χ3n) is 5.51. The van der Waals surface area contributed by atoms with Crippen molar-refractivity contribution in [3.8, 4) is 17.2 Å². The first-order valence-corrected chi connectivity index (χ1v) is 12.2. The van der Waals surface area contributed by atoms with Crippen LogP contribution in [0.15, 0.2) is 71.6 Å². The average Bonchev–Trinajstić information content (AvgIpc) is 3.15. The highest BCUT2D eigenvalue weighted by Gasteiger charge is 2.36. The number of methoxy groups -OCH3 is 1. The quantitative estimate of drug-likeness (QED) is 0.147. The number of hydrogen-bond acceptors (Lipinski definition) is 8. The van der Waals surface area contributed by atoms with Crippen molar-refractivity contribution >= 4 is 34.7 Å². The van der Waals surface area contributed by atoms with Gasteiger partial charge in [0.25, 0.3) is 16.8 Å². The first kappa shape index (κ1) is 25.8. The maximum Gasteiger partial charge on any atom is 0.293 e. The Hall–Kier alpha value is -4.31. The number of nitro benzene ring substituents is 1. The minimum atomic E-state index is -0.533. The molecule has 0 aromatic heterocycles. The number of nitrogens with zero attached hydrogens (tertiary/aromatic N) is 2. The Morgan fingerprint density at radius 2 is 1.70 bits per heavy atom. The third-order valence-corrected chi connectivity index (χ3v) is 6.41. The monoisotopic (exact) mass is 520 g/mol. The van der Waals surface area contributed by atoms with Crippen LogP contribution in [0.5, 0.6) is 17.2 Å². The van der Waals surface area contributed by atoms with E-state index in [0.717, 1.165) is 28.0 Å². The van der Waals surface area contributed by atoms with E-state index in [1.807, 2.05) is 31.2 Å². The van der Waals surface area contributed by atoms with Gasteiger partial charge in [-0.1, -0.05) is 42.0 Å². The van der Waals surface area contributed by atoms with Gasteiger partial charge in [-0.25, -0.2) is 0 Å². The molecule has 0 unspecified atom stereocenters. The number of benzene rings is 3. The van der Waals surface area contributed by atoms with Crippen LogP contribution in [0.2, 0.25) is 0 Å². The smallest absolute Gasteiger partial charge is 0.293 e. The van der Waals surface area contributed by atoms with Crippen molar-refractivity contribution in [2.45, 2.75) is 13.5 Å². The summed E-state index contributed by atoms with van der Waals surface area (Å²) in [6.07, 6.45) is 1.58. The van der Waals surface area contributed by atoms with Crippen LogP contribution in [0.4, 0.5) is 10.5 Å². The molecule has 0 atom stereocenters. The first-order valence-electron chi connectivity index (χ1n) is 11.3. The summed E-state index contributed by atoms with van der Waals surface area (Å²) in [5, 5.41) is 10.8. The SMILES string of the molecule is COc1cc(/C=C2\SC(=O)N(Cc3ccccc3[N+](=O)[O-])C2=O)ccc1OCCOc1ccc(C)cc1. The maximum absolute atomic E-state index is 12.9. The normalized spacial score (nSPS) is 14.2. The molecule has 3 aromatic rings. The lowest BCUT2D eigenvalue weighted by Crippen LogP contribution is -2.27. The standard InChI is InChI=1S/C27H24N2O7S/c1-18-7-10-21(11-8-18)35-13-14-36-23-12-9-19(15-24(23)34-2)16-25-26(30)28(27(31)37-25)17-20-5-3-4-6-22(20)29(32)33/h3-12,15-16H,13-14,17H2,1-2H3/b25-16-. The average molecular weight is 521 g/mol. The maximum atomic E-state index is 12.9. The number of para-hydroxylation sites is 1. The third kappa shape index (κ3) is 6.28. The lowest BCUT2D eigenvalue weighted by Gasteiger charge is -2.13. The fraction of sp³-hybridized carbons (Fsp3) is 0.185. The topological polar surface area (TPSA) is 108 Å².